The maximum Gasteiger partial charge on any atom is 0.337 e. The topological polar surface area (TPSA) is 74.2 Å². The van der Waals surface area contributed by atoms with E-state index in [1.54, 1.807) is 0 Å². The van der Waals surface area contributed by atoms with Gasteiger partial charge in [-0.2, -0.15) is 0 Å². The smallest absolute Gasteiger partial charge is 0.337 e. The first-order chi connectivity index (χ1) is 16.7. The molecule has 7 heteroatoms. The molecule has 3 aromatic rings. The summed E-state index contributed by atoms with van der Waals surface area (Å²) in [6, 6.07) is 29.1. The molecular formula is C27H28O6S. The summed E-state index contributed by atoms with van der Waals surface area (Å²) >= 11 is 1.42. The highest BCUT2D eigenvalue weighted by Crippen LogP contribution is 2.37. The van der Waals surface area contributed by atoms with E-state index in [0.29, 0.717) is 6.61 Å². The third kappa shape index (κ3) is 6.25. The van der Waals surface area contributed by atoms with Gasteiger partial charge in [0.2, 0.25) is 0 Å². The van der Waals surface area contributed by atoms with Gasteiger partial charge in [-0.05, 0) is 23.3 Å². The Labute approximate surface area is 203 Å². The molecule has 1 aliphatic heterocycles. The Morgan fingerprint density at radius 1 is 0.824 bits per heavy atom. The van der Waals surface area contributed by atoms with Crippen molar-refractivity contribution >= 4 is 17.7 Å². The molecule has 3 aromatic carbocycles. The number of aliphatic hydroxyl groups excluding tert-OH is 1. The van der Waals surface area contributed by atoms with Gasteiger partial charge in [0.25, 0.3) is 0 Å². The first kappa shape index (κ1) is 24.4. The lowest BCUT2D eigenvalue weighted by atomic mass is 9.99. The summed E-state index contributed by atoms with van der Waals surface area (Å²) in [7, 11) is 1.27. The summed E-state index contributed by atoms with van der Waals surface area (Å²) in [6.07, 6.45) is -3.92. The number of ether oxygens (including phenoxy) is 4. The third-order valence-electron chi connectivity index (χ3n) is 5.52. The predicted octanol–water partition coefficient (Wildman–Crippen LogP) is 4.21. The Bertz CT molecular complexity index is 1020. The van der Waals surface area contributed by atoms with Gasteiger partial charge in [0.15, 0.2) is 6.10 Å². The number of methoxy groups -OCH3 is 1. The van der Waals surface area contributed by atoms with Gasteiger partial charge in [0, 0.05) is 4.90 Å². The average molecular weight is 481 g/mol. The third-order valence-corrected chi connectivity index (χ3v) is 6.68. The number of hydrogen-bond acceptors (Lipinski definition) is 7. The summed E-state index contributed by atoms with van der Waals surface area (Å²) in [4.78, 5) is 13.4. The van der Waals surface area contributed by atoms with Crippen LogP contribution in [0.15, 0.2) is 95.9 Å². The molecule has 178 valence electrons. The van der Waals surface area contributed by atoms with Crippen molar-refractivity contribution in [1.29, 1.82) is 0 Å². The van der Waals surface area contributed by atoms with E-state index in [0.717, 1.165) is 16.0 Å². The number of esters is 1. The van der Waals surface area contributed by atoms with Crippen LogP contribution in [0.25, 0.3) is 0 Å². The summed E-state index contributed by atoms with van der Waals surface area (Å²) in [5.74, 6) is -0.652. The molecule has 0 spiro atoms. The molecule has 34 heavy (non-hydrogen) atoms. The predicted molar refractivity (Wildman–Crippen MR) is 129 cm³/mol. The van der Waals surface area contributed by atoms with Gasteiger partial charge in [0.1, 0.15) is 23.7 Å². The normalized spacial score (nSPS) is 24.5. The van der Waals surface area contributed by atoms with E-state index in [9.17, 15) is 9.90 Å². The van der Waals surface area contributed by atoms with Crippen LogP contribution >= 0.6 is 11.8 Å². The molecule has 1 aliphatic rings. The molecule has 6 nitrogen and oxygen atoms in total. The largest absolute Gasteiger partial charge is 0.467 e. The fourth-order valence-electron chi connectivity index (χ4n) is 3.76. The van der Waals surface area contributed by atoms with Crippen LogP contribution in [-0.4, -0.2) is 48.0 Å². The number of thioether (sulfide) groups is 1. The minimum atomic E-state index is -1.26. The van der Waals surface area contributed by atoms with Crippen LogP contribution in [0.1, 0.15) is 11.1 Å². The molecule has 4 rings (SSSR count). The molecule has 0 saturated carbocycles. The minimum absolute atomic E-state index is 0.254. The molecule has 0 aromatic heterocycles. The number of carbonyl (C=O) groups excluding carboxylic acids is 1. The lowest BCUT2D eigenvalue weighted by Gasteiger charge is -2.43. The maximum atomic E-state index is 12.5. The highest BCUT2D eigenvalue weighted by atomic mass is 32.2. The Hall–Kier alpha value is -2.68. The molecule has 0 radical (unpaired) electrons. The second-order valence-electron chi connectivity index (χ2n) is 7.89. The van der Waals surface area contributed by atoms with E-state index in [4.69, 9.17) is 18.9 Å². The molecule has 5 atom stereocenters. The standard InChI is InChI=1S/C27H28O6S/c1-30-26(29)24-22(28)23(31-17-19-11-5-2-6-12-19)25(32-18-20-13-7-3-8-14-20)27(33-24)34-21-15-9-4-10-16-21/h2-16,22-25,27-28H,17-18H2,1H3/t22-,23-,24-,25+,27-/m0/s1. The van der Waals surface area contributed by atoms with Crippen LogP contribution in [0.3, 0.4) is 0 Å². The first-order valence-electron chi connectivity index (χ1n) is 11.1. The monoisotopic (exact) mass is 480 g/mol. The summed E-state index contributed by atoms with van der Waals surface area (Å²) in [5.41, 5.74) is 1.32. The van der Waals surface area contributed by atoms with Gasteiger partial charge in [-0.25, -0.2) is 4.79 Å². The van der Waals surface area contributed by atoms with Crippen molar-refractivity contribution in [3.05, 3.63) is 102 Å². The molecule has 1 N–H and O–H groups in total. The molecule has 0 unspecified atom stereocenters. The van der Waals surface area contributed by atoms with Crippen LogP contribution in [0.4, 0.5) is 0 Å². The highest BCUT2D eigenvalue weighted by molar-refractivity contribution is 7.99. The fraction of sp³-hybridized carbons (Fsp3) is 0.296. The average Bonchev–Trinajstić information content (AvgIpc) is 2.89. The molecule has 0 aliphatic carbocycles. The molecular weight excluding hydrogens is 452 g/mol. The van der Waals surface area contributed by atoms with Crippen molar-refractivity contribution in [1.82, 2.24) is 0 Å². The number of hydrogen-bond donors (Lipinski definition) is 1. The zero-order valence-electron chi connectivity index (χ0n) is 18.9. The number of carbonyl (C=O) groups is 1. The Morgan fingerprint density at radius 3 is 1.85 bits per heavy atom. The molecule has 0 amide bonds. The van der Waals surface area contributed by atoms with Gasteiger partial charge >= 0.3 is 5.97 Å². The van der Waals surface area contributed by atoms with Crippen molar-refractivity contribution in [2.45, 2.75) is 48.0 Å². The van der Waals surface area contributed by atoms with E-state index >= 15 is 0 Å². The van der Waals surface area contributed by atoms with Crippen molar-refractivity contribution in [3.8, 4) is 0 Å². The van der Waals surface area contributed by atoms with Crippen LogP contribution in [0.2, 0.25) is 0 Å². The van der Waals surface area contributed by atoms with Crippen LogP contribution in [0.5, 0.6) is 0 Å². The van der Waals surface area contributed by atoms with Crippen LogP contribution in [0, 0.1) is 0 Å². The van der Waals surface area contributed by atoms with E-state index in [-0.39, 0.29) is 6.61 Å². The Kier molecular flexibility index (Phi) is 8.73. The molecule has 1 heterocycles. The van der Waals surface area contributed by atoms with Crippen molar-refractivity contribution in [2.75, 3.05) is 7.11 Å². The Balaban J connectivity index is 1.61. The highest BCUT2D eigenvalue weighted by Gasteiger charge is 2.50. The fourth-order valence-corrected chi connectivity index (χ4v) is 4.89. The van der Waals surface area contributed by atoms with Gasteiger partial charge in [-0.15, -0.1) is 0 Å². The molecule has 0 bridgehead atoms. The summed E-state index contributed by atoms with van der Waals surface area (Å²) in [6.45, 7) is 0.561. The van der Waals surface area contributed by atoms with Gasteiger partial charge < -0.3 is 24.1 Å². The summed E-state index contributed by atoms with van der Waals surface area (Å²) < 4.78 is 23.5. The van der Waals surface area contributed by atoms with Crippen molar-refractivity contribution < 1.29 is 28.8 Å². The SMILES string of the molecule is COC(=O)[C@H]1O[C@@H](Sc2ccccc2)[C@H](OCc2ccccc2)[C@@H](OCc2ccccc2)[C@@H]1O. The minimum Gasteiger partial charge on any atom is -0.467 e. The van der Waals surface area contributed by atoms with Crippen molar-refractivity contribution in [2.24, 2.45) is 0 Å². The van der Waals surface area contributed by atoms with E-state index in [2.05, 4.69) is 0 Å². The van der Waals surface area contributed by atoms with Gasteiger partial charge in [-0.3, -0.25) is 0 Å². The quantitative estimate of drug-likeness (QED) is 0.460. The zero-order chi connectivity index (χ0) is 23.8. The Morgan fingerprint density at radius 2 is 1.32 bits per heavy atom. The second kappa shape index (κ2) is 12.1. The van der Waals surface area contributed by atoms with E-state index in [1.165, 1.54) is 18.9 Å². The zero-order valence-corrected chi connectivity index (χ0v) is 19.7. The number of aliphatic hydroxyl groups is 1. The molecule has 1 fully saturated rings. The van der Waals surface area contributed by atoms with Crippen molar-refractivity contribution in [3.63, 3.8) is 0 Å². The number of benzene rings is 3. The lowest BCUT2D eigenvalue weighted by Crippen LogP contribution is -2.60. The molecule has 1 saturated heterocycles. The number of rotatable bonds is 9. The van der Waals surface area contributed by atoms with Gasteiger partial charge in [-0.1, -0.05) is 90.6 Å². The lowest BCUT2D eigenvalue weighted by molar-refractivity contribution is -0.236. The maximum absolute atomic E-state index is 12.5. The van der Waals surface area contributed by atoms with Crippen LogP contribution < -0.4 is 0 Å². The van der Waals surface area contributed by atoms with E-state index in [1.807, 2.05) is 91.0 Å². The summed E-state index contributed by atoms with van der Waals surface area (Å²) in [5, 5.41) is 11.1. The van der Waals surface area contributed by atoms with Gasteiger partial charge in [0.05, 0.1) is 20.3 Å². The second-order valence-corrected chi connectivity index (χ2v) is 9.06. The van der Waals surface area contributed by atoms with E-state index < -0.39 is 35.8 Å². The first-order valence-corrected chi connectivity index (χ1v) is 12.0. The van der Waals surface area contributed by atoms with Crippen LogP contribution in [-0.2, 0) is 37.0 Å².